The van der Waals surface area contributed by atoms with Gasteiger partial charge in [0.05, 0.1) is 24.9 Å². The molecule has 0 heterocycles. The first-order valence-electron chi connectivity index (χ1n) is 27.2. The first kappa shape index (κ1) is 60.9. The SMILES string of the molecule is CCC(CCCN(C)C)OC(C)(CCCCCCCC(=O)OCCC(C)CCCC(C)CCCC(C)C)CCCCCCCC(=O)OCCC(C)CCCC(C)CCCC(C)C. The molecular formula is C56H111NO5. The lowest BCUT2D eigenvalue weighted by Gasteiger charge is -2.35. The molecule has 0 saturated carbocycles. The fraction of sp³-hybridized carbons (Fsp3) is 0.964. The number of ether oxygens (including phenoxy) is 3. The van der Waals surface area contributed by atoms with Crippen LogP contribution in [0.1, 0.15) is 268 Å². The van der Waals surface area contributed by atoms with E-state index in [2.05, 4.69) is 88.2 Å². The maximum Gasteiger partial charge on any atom is 0.305 e. The van der Waals surface area contributed by atoms with Gasteiger partial charge in [-0.3, -0.25) is 9.59 Å². The van der Waals surface area contributed by atoms with Crippen LogP contribution in [-0.2, 0) is 23.8 Å². The minimum Gasteiger partial charge on any atom is -0.466 e. The van der Waals surface area contributed by atoms with Gasteiger partial charge in [0.15, 0.2) is 0 Å². The Bertz CT molecular complexity index is 948. The van der Waals surface area contributed by atoms with Gasteiger partial charge in [-0.25, -0.2) is 0 Å². The maximum absolute atomic E-state index is 12.4. The zero-order chi connectivity index (χ0) is 46.4. The largest absolute Gasteiger partial charge is 0.466 e. The molecule has 370 valence electrons. The van der Waals surface area contributed by atoms with Gasteiger partial charge in [0, 0.05) is 12.8 Å². The van der Waals surface area contributed by atoms with Gasteiger partial charge in [-0.1, -0.05) is 191 Å². The Morgan fingerprint density at radius 1 is 0.452 bits per heavy atom. The number of esters is 2. The van der Waals surface area contributed by atoms with Crippen LogP contribution in [0.2, 0.25) is 0 Å². The molecule has 0 spiro atoms. The van der Waals surface area contributed by atoms with Gasteiger partial charge in [0.25, 0.3) is 0 Å². The second-order valence-corrected chi connectivity index (χ2v) is 22.0. The summed E-state index contributed by atoms with van der Waals surface area (Å²) in [5.74, 6) is 4.49. The van der Waals surface area contributed by atoms with Crippen molar-refractivity contribution < 1.29 is 23.8 Å². The molecule has 0 aromatic heterocycles. The summed E-state index contributed by atoms with van der Waals surface area (Å²) in [6.45, 7) is 25.6. The standard InChI is InChI=1S/C56H111NO5/c1-13-53(37-28-44-57(11)12)62-56(10,42-22-18-14-16-20-38-54(58)60-45-40-51(8)35-26-33-49(6)31-24-29-47(2)3)43-23-19-15-17-21-39-55(59)61-46-41-52(9)36-27-34-50(7)32-25-30-48(4)5/h47-53H,13-46H2,1-12H3. The van der Waals surface area contributed by atoms with Crippen molar-refractivity contribution in [1.82, 2.24) is 4.90 Å². The van der Waals surface area contributed by atoms with Gasteiger partial charge >= 0.3 is 11.9 Å². The number of unbranched alkanes of at least 4 members (excludes halogenated alkanes) is 8. The zero-order valence-corrected chi connectivity index (χ0v) is 44.1. The molecular weight excluding hydrogens is 767 g/mol. The van der Waals surface area contributed by atoms with Crippen molar-refractivity contribution in [3.8, 4) is 0 Å². The molecule has 5 unspecified atom stereocenters. The van der Waals surface area contributed by atoms with E-state index in [1.54, 1.807) is 0 Å². The highest BCUT2D eigenvalue weighted by Gasteiger charge is 2.27. The molecule has 0 rings (SSSR count). The number of hydrogen-bond acceptors (Lipinski definition) is 6. The molecule has 0 aliphatic heterocycles. The van der Waals surface area contributed by atoms with E-state index in [0.29, 0.717) is 44.0 Å². The van der Waals surface area contributed by atoms with Crippen LogP contribution >= 0.6 is 0 Å². The molecule has 0 amide bonds. The van der Waals surface area contributed by atoms with Crippen molar-refractivity contribution in [2.24, 2.45) is 35.5 Å². The molecule has 0 fully saturated rings. The number of rotatable bonds is 45. The third-order valence-electron chi connectivity index (χ3n) is 13.7. The average Bonchev–Trinajstić information content (AvgIpc) is 3.19. The van der Waals surface area contributed by atoms with E-state index < -0.39 is 0 Å². The van der Waals surface area contributed by atoms with Crippen molar-refractivity contribution in [1.29, 1.82) is 0 Å². The van der Waals surface area contributed by atoms with Crippen LogP contribution in [0.15, 0.2) is 0 Å². The molecule has 0 N–H and O–H groups in total. The lowest BCUT2D eigenvalue weighted by Crippen LogP contribution is -2.34. The van der Waals surface area contributed by atoms with E-state index in [-0.39, 0.29) is 17.5 Å². The van der Waals surface area contributed by atoms with Crippen LogP contribution in [0.5, 0.6) is 0 Å². The topological polar surface area (TPSA) is 65.1 Å². The molecule has 0 bridgehead atoms. The van der Waals surface area contributed by atoms with Crippen LogP contribution in [0.3, 0.4) is 0 Å². The monoisotopic (exact) mass is 878 g/mol. The summed E-state index contributed by atoms with van der Waals surface area (Å²) in [5, 5.41) is 0. The van der Waals surface area contributed by atoms with Crippen molar-refractivity contribution in [2.45, 2.75) is 280 Å². The van der Waals surface area contributed by atoms with Crippen LogP contribution < -0.4 is 0 Å². The van der Waals surface area contributed by atoms with Gasteiger partial charge in [0.1, 0.15) is 0 Å². The fourth-order valence-electron chi connectivity index (χ4n) is 9.07. The van der Waals surface area contributed by atoms with Gasteiger partial charge in [-0.15, -0.1) is 0 Å². The van der Waals surface area contributed by atoms with Crippen molar-refractivity contribution in [2.75, 3.05) is 33.9 Å². The molecule has 0 aromatic carbocycles. The summed E-state index contributed by atoms with van der Waals surface area (Å²) in [6.07, 6.45) is 35.8. The molecule has 0 aromatic rings. The molecule has 5 atom stereocenters. The normalized spacial score (nSPS) is 15.5. The van der Waals surface area contributed by atoms with Gasteiger partial charge in [-0.05, 0) is 121 Å². The zero-order valence-electron chi connectivity index (χ0n) is 44.1. The first-order chi connectivity index (χ1) is 29.5. The summed E-state index contributed by atoms with van der Waals surface area (Å²) >= 11 is 0. The average molecular weight is 879 g/mol. The molecule has 0 saturated heterocycles. The molecule has 0 radical (unpaired) electrons. The second kappa shape index (κ2) is 40.2. The third-order valence-corrected chi connectivity index (χ3v) is 13.7. The van der Waals surface area contributed by atoms with Crippen LogP contribution in [-0.4, -0.2) is 62.4 Å². The van der Waals surface area contributed by atoms with Crippen molar-refractivity contribution >= 4 is 11.9 Å². The highest BCUT2D eigenvalue weighted by Crippen LogP contribution is 2.30. The second-order valence-electron chi connectivity index (χ2n) is 22.0. The number of hydrogen-bond donors (Lipinski definition) is 0. The smallest absolute Gasteiger partial charge is 0.305 e. The number of nitrogens with zero attached hydrogens (tertiary/aromatic N) is 1. The lowest BCUT2D eigenvalue weighted by molar-refractivity contribution is -0.145. The van der Waals surface area contributed by atoms with Crippen LogP contribution in [0.4, 0.5) is 0 Å². The Hall–Kier alpha value is -1.14. The quantitative estimate of drug-likeness (QED) is 0.0448. The van der Waals surface area contributed by atoms with Gasteiger partial charge < -0.3 is 19.1 Å². The van der Waals surface area contributed by atoms with E-state index in [4.69, 9.17) is 14.2 Å². The number of carbonyl (C=O) groups excluding carboxylic acids is 2. The van der Waals surface area contributed by atoms with E-state index in [1.165, 1.54) is 109 Å². The van der Waals surface area contributed by atoms with Crippen LogP contribution in [0.25, 0.3) is 0 Å². The first-order valence-corrected chi connectivity index (χ1v) is 27.2. The van der Waals surface area contributed by atoms with Gasteiger partial charge in [-0.2, -0.15) is 0 Å². The summed E-state index contributed by atoms with van der Waals surface area (Å²) in [6, 6.07) is 0. The van der Waals surface area contributed by atoms with E-state index >= 15 is 0 Å². The third kappa shape index (κ3) is 40.4. The highest BCUT2D eigenvalue weighted by atomic mass is 16.5. The van der Waals surface area contributed by atoms with Crippen LogP contribution in [0, 0.1) is 35.5 Å². The Morgan fingerprint density at radius 3 is 1.18 bits per heavy atom. The molecule has 6 heteroatoms. The summed E-state index contributed by atoms with van der Waals surface area (Å²) < 4.78 is 18.2. The van der Waals surface area contributed by atoms with E-state index in [0.717, 1.165) is 107 Å². The predicted molar refractivity (Wildman–Crippen MR) is 269 cm³/mol. The van der Waals surface area contributed by atoms with E-state index in [9.17, 15) is 9.59 Å². The Morgan fingerprint density at radius 2 is 0.806 bits per heavy atom. The summed E-state index contributed by atoms with van der Waals surface area (Å²) in [4.78, 5) is 27.1. The minimum atomic E-state index is -0.0991. The van der Waals surface area contributed by atoms with Crippen molar-refractivity contribution in [3.05, 3.63) is 0 Å². The molecule has 0 aliphatic carbocycles. The maximum atomic E-state index is 12.4. The summed E-state index contributed by atoms with van der Waals surface area (Å²) in [7, 11) is 4.30. The Labute approximate surface area is 388 Å². The lowest BCUT2D eigenvalue weighted by atomic mass is 9.90. The summed E-state index contributed by atoms with van der Waals surface area (Å²) in [5.41, 5.74) is -0.0991. The minimum absolute atomic E-state index is 0.0180. The highest BCUT2D eigenvalue weighted by molar-refractivity contribution is 5.69. The molecule has 0 aliphatic rings. The fourth-order valence-corrected chi connectivity index (χ4v) is 9.07. The predicted octanol–water partition coefficient (Wildman–Crippen LogP) is 16.7. The number of carbonyl (C=O) groups is 2. The van der Waals surface area contributed by atoms with Crippen molar-refractivity contribution in [3.63, 3.8) is 0 Å². The van der Waals surface area contributed by atoms with Gasteiger partial charge in [0.2, 0.25) is 0 Å². The van der Waals surface area contributed by atoms with E-state index in [1.807, 2.05) is 0 Å². The molecule has 62 heavy (non-hydrogen) atoms. The Kier molecular flexibility index (Phi) is 39.4. The Balaban J connectivity index is 4.36. The molecule has 6 nitrogen and oxygen atoms in total.